The monoisotopic (exact) mass is 636 g/mol. The molecule has 0 bridgehead atoms. The zero-order chi connectivity index (χ0) is 33.1. The molecule has 2 aromatic carbocycles. The van der Waals surface area contributed by atoms with E-state index in [1.807, 2.05) is 4.90 Å². The first-order chi connectivity index (χ1) is 21.7. The Morgan fingerprint density at radius 1 is 0.978 bits per heavy atom. The van der Waals surface area contributed by atoms with Crippen LogP contribution < -0.4 is 20.9 Å². The van der Waals surface area contributed by atoms with Gasteiger partial charge in [-0.3, -0.25) is 34.2 Å². The summed E-state index contributed by atoms with van der Waals surface area (Å²) >= 11 is 0. The van der Waals surface area contributed by atoms with Gasteiger partial charge < -0.3 is 20.9 Å². The number of nitrogens with zero attached hydrogens (tertiary/aromatic N) is 2. The minimum atomic E-state index is -4.49. The third kappa shape index (κ3) is 5.63. The zero-order valence-electron chi connectivity index (χ0n) is 25.0. The fourth-order valence-corrected chi connectivity index (χ4v) is 6.04. The molecule has 6 rings (SSSR count). The van der Waals surface area contributed by atoms with E-state index in [0.717, 1.165) is 36.1 Å². The number of rotatable bonds is 8. The number of benzene rings is 2. The number of alkyl halides is 3. The summed E-state index contributed by atoms with van der Waals surface area (Å²) in [5, 5.41) is 16.1. The van der Waals surface area contributed by atoms with Crippen molar-refractivity contribution < 1.29 is 37.1 Å². The number of amides is 5. The molecule has 4 N–H and O–H groups in total. The fourth-order valence-electron chi connectivity index (χ4n) is 6.04. The first kappa shape index (κ1) is 31.0. The van der Waals surface area contributed by atoms with Gasteiger partial charge in [0.05, 0.1) is 23.2 Å². The number of halogens is 3. The van der Waals surface area contributed by atoms with Gasteiger partial charge in [0.25, 0.3) is 11.8 Å². The highest BCUT2D eigenvalue weighted by atomic mass is 19.4. The van der Waals surface area contributed by atoms with E-state index in [1.54, 1.807) is 26.0 Å². The second kappa shape index (κ2) is 11.1. The van der Waals surface area contributed by atoms with Crippen molar-refractivity contribution >= 4 is 47.1 Å². The van der Waals surface area contributed by atoms with Crippen molar-refractivity contribution in [2.45, 2.75) is 63.2 Å². The van der Waals surface area contributed by atoms with Crippen molar-refractivity contribution in [3.8, 4) is 0 Å². The summed E-state index contributed by atoms with van der Waals surface area (Å²) in [6, 6.07) is 6.95. The molecule has 11 nitrogen and oxygen atoms in total. The van der Waals surface area contributed by atoms with Crippen LogP contribution in [0.5, 0.6) is 0 Å². The number of carbonyl (C=O) groups is 5. The second-order valence-electron chi connectivity index (χ2n) is 12.5. The van der Waals surface area contributed by atoms with Gasteiger partial charge in [-0.25, -0.2) is 0 Å². The van der Waals surface area contributed by atoms with Crippen molar-refractivity contribution in [2.24, 2.45) is 0 Å². The number of carbonyl (C=O) groups excluding carboxylic acids is 5. The molecule has 0 spiro atoms. The molecular formula is C32H31F3N6O5. The molecule has 1 unspecified atom stereocenters. The van der Waals surface area contributed by atoms with Crippen molar-refractivity contribution in [3.05, 3.63) is 69.9 Å². The number of anilines is 2. The van der Waals surface area contributed by atoms with Crippen LogP contribution in [0, 0.1) is 5.41 Å². The number of imide groups is 2. The van der Waals surface area contributed by atoms with Crippen LogP contribution in [0.25, 0.3) is 0 Å². The lowest BCUT2D eigenvalue weighted by Crippen LogP contribution is -2.54. The molecule has 14 heteroatoms. The van der Waals surface area contributed by atoms with E-state index < -0.39 is 52.9 Å². The van der Waals surface area contributed by atoms with Gasteiger partial charge in [0.1, 0.15) is 11.6 Å². The molecule has 4 aliphatic rings. The molecule has 1 saturated heterocycles. The summed E-state index contributed by atoms with van der Waals surface area (Å²) in [4.78, 5) is 66.5. The molecule has 2 aromatic rings. The highest BCUT2D eigenvalue weighted by Gasteiger charge is 2.45. The first-order valence-corrected chi connectivity index (χ1v) is 14.8. The minimum absolute atomic E-state index is 0.0110. The van der Waals surface area contributed by atoms with Gasteiger partial charge >= 0.3 is 6.18 Å². The predicted octanol–water partition coefficient (Wildman–Crippen LogP) is 3.71. The van der Waals surface area contributed by atoms with Gasteiger partial charge in [0.2, 0.25) is 17.7 Å². The topological polar surface area (TPSA) is 152 Å². The third-order valence-corrected chi connectivity index (χ3v) is 8.74. The van der Waals surface area contributed by atoms with Crippen LogP contribution in [0.3, 0.4) is 0 Å². The number of nitrogens with one attached hydrogen (secondary N) is 4. The Labute approximate surface area is 261 Å². The minimum Gasteiger partial charge on any atom is -0.373 e. The van der Waals surface area contributed by atoms with Crippen LogP contribution in [-0.2, 0) is 20.6 Å². The van der Waals surface area contributed by atoms with E-state index in [9.17, 15) is 37.1 Å². The largest absolute Gasteiger partial charge is 0.416 e. The molecule has 3 aliphatic heterocycles. The molecule has 2 fully saturated rings. The van der Waals surface area contributed by atoms with Crippen LogP contribution in [0.1, 0.15) is 77.3 Å². The Kier molecular flexibility index (Phi) is 7.48. The molecule has 3 heterocycles. The molecule has 0 aromatic heterocycles. The van der Waals surface area contributed by atoms with Crippen molar-refractivity contribution in [2.75, 3.05) is 23.3 Å². The van der Waals surface area contributed by atoms with Gasteiger partial charge in [-0.15, -0.1) is 0 Å². The molecule has 1 atom stereocenters. The molecule has 46 heavy (non-hydrogen) atoms. The van der Waals surface area contributed by atoms with Gasteiger partial charge in [0.15, 0.2) is 0 Å². The quantitative estimate of drug-likeness (QED) is 0.255. The summed E-state index contributed by atoms with van der Waals surface area (Å²) in [7, 11) is 0. The van der Waals surface area contributed by atoms with Crippen LogP contribution in [0.4, 0.5) is 24.5 Å². The standard InChI is InChI=1S/C32H31F3N6O5/c1-31(2,30(46)37-23-8-5-18(32(33,34)35)11-21(23)16-3-4-16)39-24-15-40(14-17(24)13-36)19-6-7-20-22(12-19)29(45)41(28(20)44)25-9-10-26(42)38-27(25)43/h5-8,11-13,16,25,36,39H,3-4,9-10,14-15H2,1-2H3,(H,37,46)(H,38,42,43). The molecule has 5 amide bonds. The van der Waals surface area contributed by atoms with E-state index in [2.05, 4.69) is 16.0 Å². The fraction of sp³-hybridized carbons (Fsp3) is 0.375. The zero-order valence-corrected chi connectivity index (χ0v) is 25.0. The van der Waals surface area contributed by atoms with Crippen LogP contribution in [0.2, 0.25) is 0 Å². The lowest BCUT2D eigenvalue weighted by atomic mass is 10.0. The maximum absolute atomic E-state index is 13.4. The number of piperidine rings is 1. The third-order valence-electron chi connectivity index (χ3n) is 8.74. The summed E-state index contributed by atoms with van der Waals surface area (Å²) in [6.07, 6.45) is -1.79. The lowest BCUT2D eigenvalue weighted by molar-refractivity contribution is -0.138. The van der Waals surface area contributed by atoms with Gasteiger partial charge in [-0.05, 0) is 81.0 Å². The summed E-state index contributed by atoms with van der Waals surface area (Å²) in [6.45, 7) is 3.74. The molecule has 1 aliphatic carbocycles. The van der Waals surface area contributed by atoms with E-state index in [-0.39, 0.29) is 43.0 Å². The average Bonchev–Trinajstić information content (AvgIpc) is 3.72. The molecule has 240 valence electrons. The van der Waals surface area contributed by atoms with Gasteiger partial charge in [-0.2, -0.15) is 13.2 Å². The van der Waals surface area contributed by atoms with E-state index in [1.165, 1.54) is 12.1 Å². The average molecular weight is 637 g/mol. The molecular weight excluding hydrogens is 605 g/mol. The molecule has 0 radical (unpaired) electrons. The first-order valence-electron chi connectivity index (χ1n) is 14.8. The van der Waals surface area contributed by atoms with E-state index in [4.69, 9.17) is 5.41 Å². The van der Waals surface area contributed by atoms with E-state index >= 15 is 0 Å². The second-order valence-corrected chi connectivity index (χ2v) is 12.5. The van der Waals surface area contributed by atoms with Crippen LogP contribution >= 0.6 is 0 Å². The number of fused-ring (bicyclic) bond motifs is 1. The smallest absolute Gasteiger partial charge is 0.373 e. The highest BCUT2D eigenvalue weighted by molar-refractivity contribution is 6.23. The summed E-state index contributed by atoms with van der Waals surface area (Å²) in [5.41, 5.74) is 0.752. The maximum Gasteiger partial charge on any atom is 0.416 e. The van der Waals surface area contributed by atoms with Gasteiger partial charge in [0, 0.05) is 41.8 Å². The predicted molar refractivity (Wildman–Crippen MR) is 160 cm³/mol. The number of hydrogen-bond donors (Lipinski definition) is 4. The Bertz CT molecular complexity index is 1750. The summed E-state index contributed by atoms with van der Waals surface area (Å²) < 4.78 is 40.0. The van der Waals surface area contributed by atoms with Crippen molar-refractivity contribution in [3.63, 3.8) is 0 Å². The Balaban J connectivity index is 1.16. The number of hydrogen-bond acceptors (Lipinski definition) is 8. The van der Waals surface area contributed by atoms with Gasteiger partial charge in [-0.1, -0.05) is 0 Å². The SMILES string of the molecule is CC(C)(NC1=C(C=N)CN(c2ccc3c(c2)C(=O)N(C2CCC(=O)NC2=O)C3=O)C1)C(=O)Nc1ccc(C(F)(F)F)cc1C1CC1. The van der Waals surface area contributed by atoms with Crippen LogP contribution in [0.15, 0.2) is 47.7 Å². The summed E-state index contributed by atoms with van der Waals surface area (Å²) in [5.74, 6) is -2.93. The van der Waals surface area contributed by atoms with Crippen LogP contribution in [-0.4, -0.2) is 65.3 Å². The van der Waals surface area contributed by atoms with Crippen molar-refractivity contribution in [1.29, 1.82) is 5.41 Å². The molecule has 1 saturated carbocycles. The maximum atomic E-state index is 13.4. The Morgan fingerprint density at radius 3 is 2.35 bits per heavy atom. The van der Waals surface area contributed by atoms with Crippen molar-refractivity contribution in [1.82, 2.24) is 15.5 Å². The Morgan fingerprint density at radius 2 is 1.70 bits per heavy atom. The lowest BCUT2D eigenvalue weighted by Gasteiger charge is -2.29. The van der Waals surface area contributed by atoms with E-state index in [0.29, 0.717) is 28.2 Å². The Hall–Kier alpha value is -5.01. The normalized spacial score (nSPS) is 20.2. The highest BCUT2D eigenvalue weighted by Crippen LogP contribution is 2.45.